The summed E-state index contributed by atoms with van der Waals surface area (Å²) in [6.07, 6.45) is 2.24. The number of hydrogen-bond donors (Lipinski definition) is 1. The molecule has 0 bridgehead atoms. The van der Waals surface area contributed by atoms with Crippen LogP contribution in [0, 0.1) is 6.92 Å². The molecule has 4 heteroatoms. The number of hydrogen-bond acceptors (Lipinski definition) is 4. The first kappa shape index (κ1) is 11.8. The third kappa shape index (κ3) is 3.75. The molecular formula is C11H17NO3. The minimum Gasteiger partial charge on any atom is -0.468 e. The van der Waals surface area contributed by atoms with Gasteiger partial charge in [-0.25, -0.2) is 0 Å². The smallest absolute Gasteiger partial charge is 0.322 e. The van der Waals surface area contributed by atoms with Crippen LogP contribution in [0.3, 0.4) is 0 Å². The van der Waals surface area contributed by atoms with E-state index in [-0.39, 0.29) is 5.97 Å². The number of methoxy groups -OCH3 is 1. The van der Waals surface area contributed by atoms with Crippen molar-refractivity contribution < 1.29 is 13.9 Å². The number of ether oxygens (including phenoxy) is 1. The van der Waals surface area contributed by atoms with Crippen LogP contribution < -0.4 is 5.73 Å². The Balaban J connectivity index is 2.24. The number of nitrogens with two attached hydrogens (primary N) is 1. The number of carbonyl (C=O) groups excluding carboxylic acids is 1. The summed E-state index contributed by atoms with van der Waals surface area (Å²) in [5, 5.41) is 0. The van der Waals surface area contributed by atoms with E-state index in [9.17, 15) is 4.79 Å². The summed E-state index contributed by atoms with van der Waals surface area (Å²) in [4.78, 5) is 11.0. The lowest BCUT2D eigenvalue weighted by atomic mass is 10.1. The second kappa shape index (κ2) is 5.56. The predicted octanol–water partition coefficient (Wildman–Crippen LogP) is 1.41. The van der Waals surface area contributed by atoms with Crippen molar-refractivity contribution >= 4 is 5.97 Å². The number of furan rings is 1. The zero-order chi connectivity index (χ0) is 11.3. The molecule has 0 amide bonds. The van der Waals surface area contributed by atoms with Crippen LogP contribution in [-0.4, -0.2) is 19.1 Å². The molecule has 1 aromatic rings. The molecule has 0 radical (unpaired) electrons. The fraction of sp³-hybridized carbons (Fsp3) is 0.545. The van der Waals surface area contributed by atoms with Gasteiger partial charge in [-0.3, -0.25) is 4.79 Å². The molecule has 1 aromatic heterocycles. The first-order chi connectivity index (χ1) is 7.13. The van der Waals surface area contributed by atoms with Gasteiger partial charge < -0.3 is 14.9 Å². The van der Waals surface area contributed by atoms with Crippen LogP contribution in [0.5, 0.6) is 0 Å². The summed E-state index contributed by atoms with van der Waals surface area (Å²) in [6, 6.07) is 3.35. The maximum Gasteiger partial charge on any atom is 0.322 e. The van der Waals surface area contributed by atoms with Crippen molar-refractivity contribution in [1.29, 1.82) is 0 Å². The summed E-state index contributed by atoms with van der Waals surface area (Å²) in [5.74, 6) is 1.48. The highest BCUT2D eigenvalue weighted by Gasteiger charge is 2.13. The minimum absolute atomic E-state index is 0.356. The van der Waals surface area contributed by atoms with Crippen LogP contribution in [0.25, 0.3) is 0 Å². The summed E-state index contributed by atoms with van der Waals surface area (Å²) in [6.45, 7) is 1.91. The van der Waals surface area contributed by atoms with E-state index in [4.69, 9.17) is 10.2 Å². The number of aryl methyl sites for hydroxylation is 2. The standard InChI is InChI=1S/C11H17NO3/c1-8-6-7-9(15-8)4-3-5-10(12)11(13)14-2/h6-7,10H,3-5,12H2,1-2H3. The molecule has 0 aliphatic carbocycles. The third-order valence-electron chi connectivity index (χ3n) is 2.24. The Hall–Kier alpha value is -1.29. The van der Waals surface area contributed by atoms with Gasteiger partial charge in [0.15, 0.2) is 0 Å². The molecule has 2 N–H and O–H groups in total. The van der Waals surface area contributed by atoms with Crippen molar-refractivity contribution in [2.45, 2.75) is 32.2 Å². The van der Waals surface area contributed by atoms with Crippen LogP contribution in [0.15, 0.2) is 16.5 Å². The fourth-order valence-corrected chi connectivity index (χ4v) is 1.38. The maximum atomic E-state index is 11.0. The van der Waals surface area contributed by atoms with Gasteiger partial charge in [0.25, 0.3) is 0 Å². The van der Waals surface area contributed by atoms with Crippen LogP contribution in [0.2, 0.25) is 0 Å². The number of rotatable bonds is 5. The SMILES string of the molecule is COC(=O)C(N)CCCc1ccc(C)o1. The van der Waals surface area contributed by atoms with E-state index in [1.54, 1.807) is 0 Å². The fourth-order valence-electron chi connectivity index (χ4n) is 1.38. The molecule has 0 fully saturated rings. The van der Waals surface area contributed by atoms with Gasteiger partial charge in [-0.2, -0.15) is 0 Å². The second-order valence-corrected chi connectivity index (χ2v) is 3.53. The van der Waals surface area contributed by atoms with Crippen LogP contribution in [0.4, 0.5) is 0 Å². The van der Waals surface area contributed by atoms with E-state index >= 15 is 0 Å². The molecule has 1 rings (SSSR count). The number of carbonyl (C=O) groups is 1. The van der Waals surface area contributed by atoms with Gasteiger partial charge in [0.1, 0.15) is 17.6 Å². The van der Waals surface area contributed by atoms with E-state index in [2.05, 4.69) is 4.74 Å². The quantitative estimate of drug-likeness (QED) is 0.748. The minimum atomic E-state index is -0.522. The Labute approximate surface area is 89.4 Å². The van der Waals surface area contributed by atoms with E-state index in [0.29, 0.717) is 6.42 Å². The summed E-state index contributed by atoms with van der Waals surface area (Å²) >= 11 is 0. The molecule has 84 valence electrons. The molecule has 0 saturated heterocycles. The molecule has 1 unspecified atom stereocenters. The Morgan fingerprint density at radius 3 is 2.87 bits per heavy atom. The molecule has 1 atom stereocenters. The Bertz CT molecular complexity index is 319. The lowest BCUT2D eigenvalue weighted by Crippen LogP contribution is -2.31. The predicted molar refractivity (Wildman–Crippen MR) is 56.4 cm³/mol. The van der Waals surface area contributed by atoms with Crippen molar-refractivity contribution in [2.75, 3.05) is 7.11 Å². The summed E-state index contributed by atoms with van der Waals surface area (Å²) in [5.41, 5.74) is 5.59. The van der Waals surface area contributed by atoms with Gasteiger partial charge in [-0.05, 0) is 31.9 Å². The van der Waals surface area contributed by atoms with Crippen LogP contribution in [-0.2, 0) is 16.0 Å². The topological polar surface area (TPSA) is 65.5 Å². The molecule has 0 aliphatic rings. The normalized spacial score (nSPS) is 12.5. The first-order valence-corrected chi connectivity index (χ1v) is 5.02. The molecule has 0 aliphatic heterocycles. The van der Waals surface area contributed by atoms with Crippen LogP contribution in [0.1, 0.15) is 24.4 Å². The van der Waals surface area contributed by atoms with Crippen LogP contribution >= 0.6 is 0 Å². The molecular weight excluding hydrogens is 194 g/mol. The number of esters is 1. The monoisotopic (exact) mass is 211 g/mol. The zero-order valence-corrected chi connectivity index (χ0v) is 9.16. The lowest BCUT2D eigenvalue weighted by molar-refractivity contribution is -0.142. The Kier molecular flexibility index (Phi) is 4.37. The van der Waals surface area contributed by atoms with Gasteiger partial charge >= 0.3 is 5.97 Å². The molecule has 0 saturated carbocycles. The zero-order valence-electron chi connectivity index (χ0n) is 9.16. The largest absolute Gasteiger partial charge is 0.468 e. The van der Waals surface area contributed by atoms with E-state index < -0.39 is 6.04 Å². The highest BCUT2D eigenvalue weighted by molar-refractivity contribution is 5.75. The highest BCUT2D eigenvalue weighted by atomic mass is 16.5. The lowest BCUT2D eigenvalue weighted by Gasteiger charge is -2.07. The molecule has 15 heavy (non-hydrogen) atoms. The van der Waals surface area contributed by atoms with Gasteiger partial charge in [-0.1, -0.05) is 0 Å². The first-order valence-electron chi connectivity index (χ1n) is 5.02. The molecule has 0 spiro atoms. The van der Waals surface area contributed by atoms with Gasteiger partial charge in [-0.15, -0.1) is 0 Å². The molecule has 1 heterocycles. The Morgan fingerprint density at radius 2 is 2.33 bits per heavy atom. The van der Waals surface area contributed by atoms with Gasteiger partial charge in [0.2, 0.25) is 0 Å². The van der Waals surface area contributed by atoms with E-state index in [1.807, 2.05) is 19.1 Å². The highest BCUT2D eigenvalue weighted by Crippen LogP contribution is 2.10. The molecule has 0 aromatic carbocycles. The van der Waals surface area contributed by atoms with Crippen molar-refractivity contribution in [3.05, 3.63) is 23.7 Å². The van der Waals surface area contributed by atoms with Crippen molar-refractivity contribution in [1.82, 2.24) is 0 Å². The van der Waals surface area contributed by atoms with Gasteiger partial charge in [0.05, 0.1) is 7.11 Å². The van der Waals surface area contributed by atoms with E-state index in [0.717, 1.165) is 24.4 Å². The van der Waals surface area contributed by atoms with Crippen molar-refractivity contribution in [2.24, 2.45) is 5.73 Å². The maximum absolute atomic E-state index is 11.0. The average Bonchev–Trinajstić information content (AvgIpc) is 2.63. The third-order valence-corrected chi connectivity index (χ3v) is 2.24. The van der Waals surface area contributed by atoms with Crippen molar-refractivity contribution in [3.63, 3.8) is 0 Å². The molecule has 4 nitrogen and oxygen atoms in total. The summed E-state index contributed by atoms with van der Waals surface area (Å²) in [7, 11) is 1.35. The second-order valence-electron chi connectivity index (χ2n) is 3.53. The van der Waals surface area contributed by atoms with E-state index in [1.165, 1.54) is 7.11 Å². The Morgan fingerprint density at radius 1 is 1.60 bits per heavy atom. The summed E-state index contributed by atoms with van der Waals surface area (Å²) < 4.78 is 9.93. The van der Waals surface area contributed by atoms with Crippen molar-refractivity contribution in [3.8, 4) is 0 Å². The van der Waals surface area contributed by atoms with Gasteiger partial charge in [0, 0.05) is 6.42 Å². The average molecular weight is 211 g/mol.